The average Bonchev–Trinajstić information content (AvgIpc) is 2.95. The number of carbonyl (C=O) groups excluding carboxylic acids is 1. The first-order valence-electron chi connectivity index (χ1n) is 7.55. The zero-order valence-corrected chi connectivity index (χ0v) is 13.2. The number of amides is 1. The van der Waals surface area contributed by atoms with E-state index in [-0.39, 0.29) is 24.1 Å². The van der Waals surface area contributed by atoms with Crippen molar-refractivity contribution in [1.29, 1.82) is 0 Å². The molecule has 23 heavy (non-hydrogen) atoms. The van der Waals surface area contributed by atoms with Crippen molar-refractivity contribution in [1.82, 2.24) is 14.5 Å². The fourth-order valence-corrected chi connectivity index (χ4v) is 2.70. The van der Waals surface area contributed by atoms with Gasteiger partial charge in [0.15, 0.2) is 0 Å². The molecule has 118 valence electrons. The summed E-state index contributed by atoms with van der Waals surface area (Å²) in [6.07, 6.45) is 3.49. The molecule has 3 rings (SSSR count). The Morgan fingerprint density at radius 2 is 1.87 bits per heavy atom. The maximum atomic E-state index is 12.3. The molecule has 1 amide bonds. The molecule has 0 bridgehead atoms. The first kappa shape index (κ1) is 15.1. The minimum atomic E-state index is -0.0838. The van der Waals surface area contributed by atoms with Crippen LogP contribution in [0.3, 0.4) is 0 Å². The van der Waals surface area contributed by atoms with E-state index in [1.807, 2.05) is 43.3 Å². The summed E-state index contributed by atoms with van der Waals surface area (Å²) in [5, 5.41) is 3.61. The summed E-state index contributed by atoms with van der Waals surface area (Å²) in [6.45, 7) is 2.14. The van der Waals surface area contributed by atoms with Gasteiger partial charge in [0.2, 0.25) is 5.91 Å². The minimum Gasteiger partial charge on any atom is -0.348 e. The Bertz CT molecular complexity index is 894. The highest BCUT2D eigenvalue weighted by molar-refractivity contribution is 5.82. The van der Waals surface area contributed by atoms with E-state index in [0.717, 1.165) is 11.1 Å². The van der Waals surface area contributed by atoms with Gasteiger partial charge in [-0.2, -0.15) is 0 Å². The van der Waals surface area contributed by atoms with Gasteiger partial charge in [-0.25, -0.2) is 0 Å². The molecule has 1 unspecified atom stereocenters. The van der Waals surface area contributed by atoms with Crippen LogP contribution in [0.5, 0.6) is 0 Å². The SMILES string of the molecule is CC(NC(=O)Cn1ccc2c(=O)n(C)ccc21)c1ccccc1. The third kappa shape index (κ3) is 3.04. The van der Waals surface area contributed by atoms with Gasteiger partial charge in [-0.15, -0.1) is 0 Å². The third-order valence-electron chi connectivity index (χ3n) is 4.00. The number of nitrogens with one attached hydrogen (secondary N) is 1. The van der Waals surface area contributed by atoms with Gasteiger partial charge in [0.1, 0.15) is 6.54 Å². The first-order chi connectivity index (χ1) is 11.1. The lowest BCUT2D eigenvalue weighted by Crippen LogP contribution is -2.30. The maximum Gasteiger partial charge on any atom is 0.259 e. The molecule has 3 aromatic rings. The predicted octanol–water partition coefficient (Wildman–Crippen LogP) is 2.22. The molecule has 1 N–H and O–H groups in total. The van der Waals surface area contributed by atoms with E-state index < -0.39 is 0 Å². The summed E-state index contributed by atoms with van der Waals surface area (Å²) in [5.74, 6) is -0.0838. The molecular weight excluding hydrogens is 290 g/mol. The molecule has 0 spiro atoms. The number of rotatable bonds is 4. The molecule has 5 nitrogen and oxygen atoms in total. The number of pyridine rings is 1. The molecule has 1 aromatic carbocycles. The average molecular weight is 309 g/mol. The van der Waals surface area contributed by atoms with Crippen molar-refractivity contribution in [3.63, 3.8) is 0 Å². The van der Waals surface area contributed by atoms with Crippen LogP contribution in [0.2, 0.25) is 0 Å². The smallest absolute Gasteiger partial charge is 0.259 e. The topological polar surface area (TPSA) is 56.0 Å². The second-order valence-corrected chi connectivity index (χ2v) is 5.67. The Hall–Kier alpha value is -2.82. The van der Waals surface area contributed by atoms with E-state index >= 15 is 0 Å². The highest BCUT2D eigenvalue weighted by Crippen LogP contribution is 2.13. The molecule has 0 aliphatic rings. The first-order valence-corrected chi connectivity index (χ1v) is 7.55. The lowest BCUT2D eigenvalue weighted by atomic mass is 10.1. The zero-order chi connectivity index (χ0) is 16.4. The standard InChI is InChI=1S/C18H19N3O2/c1-13(14-6-4-3-5-7-14)19-17(22)12-21-11-8-15-16(21)9-10-20(2)18(15)23/h3-11,13H,12H2,1-2H3,(H,19,22). The van der Waals surface area contributed by atoms with Crippen LogP contribution < -0.4 is 10.9 Å². The van der Waals surface area contributed by atoms with Crippen LogP contribution in [0.15, 0.2) is 59.7 Å². The highest BCUT2D eigenvalue weighted by Gasteiger charge is 2.12. The summed E-state index contributed by atoms with van der Waals surface area (Å²) in [6, 6.07) is 13.4. The van der Waals surface area contributed by atoms with Crippen LogP contribution in [0.25, 0.3) is 10.9 Å². The third-order valence-corrected chi connectivity index (χ3v) is 4.00. The molecular formula is C18H19N3O2. The second kappa shape index (κ2) is 6.12. The summed E-state index contributed by atoms with van der Waals surface area (Å²) in [7, 11) is 1.72. The largest absolute Gasteiger partial charge is 0.348 e. The van der Waals surface area contributed by atoms with Gasteiger partial charge < -0.3 is 14.5 Å². The number of aromatic nitrogens is 2. The molecule has 0 aliphatic heterocycles. The number of nitrogens with zero attached hydrogens (tertiary/aromatic N) is 2. The molecule has 2 aromatic heterocycles. The highest BCUT2D eigenvalue weighted by atomic mass is 16.2. The number of hydrogen-bond acceptors (Lipinski definition) is 2. The Labute approximate surface area is 134 Å². The number of carbonyl (C=O) groups is 1. The number of aryl methyl sites for hydroxylation is 1. The van der Waals surface area contributed by atoms with Crippen LogP contribution in [0.4, 0.5) is 0 Å². The van der Waals surface area contributed by atoms with Gasteiger partial charge in [0.25, 0.3) is 5.56 Å². The fraction of sp³-hybridized carbons (Fsp3) is 0.222. The summed E-state index contributed by atoms with van der Waals surface area (Å²) in [4.78, 5) is 24.3. The van der Waals surface area contributed by atoms with E-state index in [0.29, 0.717) is 5.39 Å². The van der Waals surface area contributed by atoms with Gasteiger partial charge in [0, 0.05) is 19.4 Å². The normalized spacial score (nSPS) is 12.3. The summed E-state index contributed by atoms with van der Waals surface area (Å²) in [5.41, 5.74) is 1.78. The van der Waals surface area contributed by atoms with Crippen molar-refractivity contribution < 1.29 is 4.79 Å². The Morgan fingerprint density at radius 1 is 1.13 bits per heavy atom. The van der Waals surface area contributed by atoms with Gasteiger partial charge >= 0.3 is 0 Å². The van der Waals surface area contributed by atoms with Crippen LogP contribution in [0, 0.1) is 0 Å². The molecule has 1 atom stereocenters. The molecule has 0 fully saturated rings. The Kier molecular flexibility index (Phi) is 4.02. The molecule has 5 heteroatoms. The molecule has 0 radical (unpaired) electrons. The van der Waals surface area contributed by atoms with Crippen LogP contribution >= 0.6 is 0 Å². The van der Waals surface area contributed by atoms with E-state index in [2.05, 4.69) is 5.32 Å². The van der Waals surface area contributed by atoms with Crippen molar-refractivity contribution in [2.24, 2.45) is 7.05 Å². The predicted molar refractivity (Wildman–Crippen MR) is 90.2 cm³/mol. The van der Waals surface area contributed by atoms with Gasteiger partial charge in [0.05, 0.1) is 16.9 Å². The molecule has 2 heterocycles. The lowest BCUT2D eigenvalue weighted by molar-refractivity contribution is -0.122. The zero-order valence-electron chi connectivity index (χ0n) is 13.2. The van der Waals surface area contributed by atoms with Gasteiger partial charge in [-0.3, -0.25) is 9.59 Å². The van der Waals surface area contributed by atoms with Crippen LogP contribution in [-0.2, 0) is 18.4 Å². The lowest BCUT2D eigenvalue weighted by Gasteiger charge is -2.15. The van der Waals surface area contributed by atoms with Gasteiger partial charge in [-0.1, -0.05) is 30.3 Å². The van der Waals surface area contributed by atoms with E-state index in [1.165, 1.54) is 4.57 Å². The maximum absolute atomic E-state index is 12.3. The number of hydrogen-bond donors (Lipinski definition) is 1. The van der Waals surface area contributed by atoms with Crippen molar-refractivity contribution in [3.05, 3.63) is 70.8 Å². The van der Waals surface area contributed by atoms with Crippen molar-refractivity contribution in [3.8, 4) is 0 Å². The van der Waals surface area contributed by atoms with E-state index in [9.17, 15) is 9.59 Å². The van der Waals surface area contributed by atoms with Gasteiger partial charge in [-0.05, 0) is 24.6 Å². The second-order valence-electron chi connectivity index (χ2n) is 5.67. The van der Waals surface area contributed by atoms with E-state index in [4.69, 9.17) is 0 Å². The monoisotopic (exact) mass is 309 g/mol. The van der Waals surface area contributed by atoms with Crippen LogP contribution in [0.1, 0.15) is 18.5 Å². The van der Waals surface area contributed by atoms with Crippen molar-refractivity contribution >= 4 is 16.8 Å². The number of fused-ring (bicyclic) bond motifs is 1. The van der Waals surface area contributed by atoms with Crippen molar-refractivity contribution in [2.45, 2.75) is 19.5 Å². The Balaban J connectivity index is 1.76. The molecule has 0 saturated carbocycles. The van der Waals surface area contributed by atoms with Crippen LogP contribution in [-0.4, -0.2) is 15.0 Å². The van der Waals surface area contributed by atoms with Crippen molar-refractivity contribution in [2.75, 3.05) is 0 Å². The Morgan fingerprint density at radius 3 is 2.61 bits per heavy atom. The molecule has 0 saturated heterocycles. The quantitative estimate of drug-likeness (QED) is 0.803. The summed E-state index contributed by atoms with van der Waals surface area (Å²) < 4.78 is 3.33. The van der Waals surface area contributed by atoms with E-state index in [1.54, 1.807) is 30.1 Å². The fourth-order valence-electron chi connectivity index (χ4n) is 2.70. The molecule has 0 aliphatic carbocycles. The minimum absolute atomic E-state index is 0.0562. The summed E-state index contributed by atoms with van der Waals surface area (Å²) >= 11 is 0. The number of benzene rings is 1.